The van der Waals surface area contributed by atoms with Crippen molar-refractivity contribution in [3.8, 4) is 0 Å². The molecule has 0 saturated carbocycles. The standard InChI is InChI=1S/C16H19N3O/c1-12(15-6-4-5-11-17-15)18-16(20)13-7-9-14(10-8-13)19(2)3/h4-12H,1-3H3,(H,18,20). The van der Waals surface area contributed by atoms with E-state index in [2.05, 4.69) is 10.3 Å². The van der Waals surface area contributed by atoms with Gasteiger partial charge < -0.3 is 10.2 Å². The first-order valence-corrected chi connectivity index (χ1v) is 6.57. The number of carbonyl (C=O) groups is 1. The van der Waals surface area contributed by atoms with Gasteiger partial charge in [-0.2, -0.15) is 0 Å². The van der Waals surface area contributed by atoms with Gasteiger partial charge in [0.25, 0.3) is 5.91 Å². The van der Waals surface area contributed by atoms with Crippen LogP contribution < -0.4 is 10.2 Å². The molecule has 4 nitrogen and oxygen atoms in total. The monoisotopic (exact) mass is 269 g/mol. The second-order valence-electron chi connectivity index (χ2n) is 4.89. The van der Waals surface area contributed by atoms with Crippen molar-refractivity contribution in [1.29, 1.82) is 0 Å². The van der Waals surface area contributed by atoms with Crippen LogP contribution in [0.15, 0.2) is 48.7 Å². The Bertz CT molecular complexity index is 564. The first-order chi connectivity index (χ1) is 9.58. The van der Waals surface area contributed by atoms with Gasteiger partial charge in [-0.1, -0.05) is 6.07 Å². The van der Waals surface area contributed by atoms with Crippen molar-refractivity contribution >= 4 is 11.6 Å². The molecule has 1 atom stereocenters. The third kappa shape index (κ3) is 3.35. The number of carbonyl (C=O) groups excluding carboxylic acids is 1. The van der Waals surface area contributed by atoms with E-state index in [-0.39, 0.29) is 11.9 Å². The fourth-order valence-corrected chi connectivity index (χ4v) is 1.90. The molecule has 1 aromatic heterocycles. The zero-order chi connectivity index (χ0) is 14.5. The molecule has 1 amide bonds. The summed E-state index contributed by atoms with van der Waals surface area (Å²) < 4.78 is 0. The van der Waals surface area contributed by atoms with Crippen LogP contribution in [-0.2, 0) is 0 Å². The molecule has 0 radical (unpaired) electrons. The largest absolute Gasteiger partial charge is 0.378 e. The molecule has 104 valence electrons. The van der Waals surface area contributed by atoms with E-state index >= 15 is 0 Å². The molecule has 0 saturated heterocycles. The SMILES string of the molecule is CC(NC(=O)c1ccc(N(C)C)cc1)c1ccccn1. The van der Waals surface area contributed by atoms with Crippen molar-refractivity contribution in [1.82, 2.24) is 10.3 Å². The summed E-state index contributed by atoms with van der Waals surface area (Å²) in [4.78, 5) is 18.4. The van der Waals surface area contributed by atoms with E-state index in [4.69, 9.17) is 0 Å². The Balaban J connectivity index is 2.05. The molecule has 1 N–H and O–H groups in total. The molecule has 20 heavy (non-hydrogen) atoms. The van der Waals surface area contributed by atoms with Gasteiger partial charge in [-0.15, -0.1) is 0 Å². The van der Waals surface area contributed by atoms with Crippen molar-refractivity contribution in [2.75, 3.05) is 19.0 Å². The maximum atomic E-state index is 12.2. The molecule has 2 aromatic rings. The molecule has 0 spiro atoms. The molecule has 0 bridgehead atoms. The van der Waals surface area contributed by atoms with Gasteiger partial charge in [-0.3, -0.25) is 9.78 Å². The lowest BCUT2D eigenvalue weighted by Crippen LogP contribution is -2.27. The lowest BCUT2D eigenvalue weighted by atomic mass is 10.1. The van der Waals surface area contributed by atoms with Crippen molar-refractivity contribution in [3.05, 3.63) is 59.9 Å². The van der Waals surface area contributed by atoms with Gasteiger partial charge in [0.1, 0.15) is 0 Å². The number of nitrogens with one attached hydrogen (secondary N) is 1. The average Bonchev–Trinajstić information content (AvgIpc) is 2.48. The molecule has 1 unspecified atom stereocenters. The molecule has 0 aliphatic rings. The van der Waals surface area contributed by atoms with Crippen LogP contribution in [0.4, 0.5) is 5.69 Å². The normalized spacial score (nSPS) is 11.8. The highest BCUT2D eigenvalue weighted by atomic mass is 16.1. The van der Waals surface area contributed by atoms with Gasteiger partial charge in [0.05, 0.1) is 11.7 Å². The summed E-state index contributed by atoms with van der Waals surface area (Å²) in [5.74, 6) is -0.0894. The minimum atomic E-state index is -0.114. The number of aromatic nitrogens is 1. The fraction of sp³-hybridized carbons (Fsp3) is 0.250. The second-order valence-corrected chi connectivity index (χ2v) is 4.89. The molecular weight excluding hydrogens is 250 g/mol. The Kier molecular flexibility index (Phi) is 4.35. The molecule has 1 aromatic carbocycles. The number of hydrogen-bond acceptors (Lipinski definition) is 3. The van der Waals surface area contributed by atoms with E-state index < -0.39 is 0 Å². The minimum Gasteiger partial charge on any atom is -0.378 e. The first kappa shape index (κ1) is 14.1. The highest BCUT2D eigenvalue weighted by Crippen LogP contribution is 2.14. The van der Waals surface area contributed by atoms with Gasteiger partial charge >= 0.3 is 0 Å². The van der Waals surface area contributed by atoms with E-state index in [0.29, 0.717) is 5.56 Å². The van der Waals surface area contributed by atoms with Gasteiger partial charge in [-0.25, -0.2) is 0 Å². The zero-order valence-electron chi connectivity index (χ0n) is 12.0. The number of benzene rings is 1. The summed E-state index contributed by atoms with van der Waals surface area (Å²) in [6, 6.07) is 13.1. The Labute approximate surface area is 119 Å². The van der Waals surface area contributed by atoms with Crippen LogP contribution in [0.5, 0.6) is 0 Å². The van der Waals surface area contributed by atoms with Gasteiger partial charge in [0, 0.05) is 31.5 Å². The van der Waals surface area contributed by atoms with Gasteiger partial charge in [0.2, 0.25) is 0 Å². The molecular formula is C16H19N3O. The molecule has 1 heterocycles. The summed E-state index contributed by atoms with van der Waals surface area (Å²) in [6.07, 6.45) is 1.73. The third-order valence-electron chi connectivity index (χ3n) is 3.12. The molecule has 0 aliphatic heterocycles. The van der Waals surface area contributed by atoms with Crippen molar-refractivity contribution < 1.29 is 4.79 Å². The van der Waals surface area contributed by atoms with Gasteiger partial charge in [-0.05, 0) is 43.3 Å². The highest BCUT2D eigenvalue weighted by Gasteiger charge is 2.12. The van der Waals surface area contributed by atoms with E-state index in [9.17, 15) is 4.79 Å². The molecule has 4 heteroatoms. The Morgan fingerprint density at radius 1 is 1.15 bits per heavy atom. The number of nitrogens with zero attached hydrogens (tertiary/aromatic N) is 2. The number of pyridine rings is 1. The van der Waals surface area contributed by atoms with E-state index in [1.807, 2.05) is 68.4 Å². The van der Waals surface area contributed by atoms with Crippen LogP contribution in [0.2, 0.25) is 0 Å². The minimum absolute atomic E-state index is 0.0894. The van der Waals surface area contributed by atoms with Crippen LogP contribution in [0, 0.1) is 0 Å². The molecule has 0 fully saturated rings. The number of rotatable bonds is 4. The predicted molar refractivity (Wildman–Crippen MR) is 80.9 cm³/mol. The van der Waals surface area contributed by atoms with Crippen LogP contribution in [0.1, 0.15) is 29.0 Å². The lowest BCUT2D eigenvalue weighted by Gasteiger charge is -2.15. The summed E-state index contributed by atoms with van der Waals surface area (Å²) in [5, 5.41) is 2.95. The van der Waals surface area contributed by atoms with Crippen LogP contribution in [-0.4, -0.2) is 25.0 Å². The van der Waals surface area contributed by atoms with E-state index in [1.165, 1.54) is 0 Å². The predicted octanol–water partition coefficient (Wildman–Crippen LogP) is 2.64. The maximum Gasteiger partial charge on any atom is 0.251 e. The van der Waals surface area contributed by atoms with Crippen molar-refractivity contribution in [2.24, 2.45) is 0 Å². The average molecular weight is 269 g/mol. The van der Waals surface area contributed by atoms with Crippen LogP contribution >= 0.6 is 0 Å². The van der Waals surface area contributed by atoms with Gasteiger partial charge in [0.15, 0.2) is 0 Å². The maximum absolute atomic E-state index is 12.2. The summed E-state index contributed by atoms with van der Waals surface area (Å²) in [6.45, 7) is 1.93. The zero-order valence-corrected chi connectivity index (χ0v) is 12.0. The number of amides is 1. The van der Waals surface area contributed by atoms with Crippen molar-refractivity contribution in [2.45, 2.75) is 13.0 Å². The highest BCUT2D eigenvalue weighted by molar-refractivity contribution is 5.94. The Morgan fingerprint density at radius 3 is 2.40 bits per heavy atom. The quantitative estimate of drug-likeness (QED) is 0.928. The topological polar surface area (TPSA) is 45.2 Å². The van der Waals surface area contributed by atoms with E-state index in [0.717, 1.165) is 11.4 Å². The number of hydrogen-bond donors (Lipinski definition) is 1. The lowest BCUT2D eigenvalue weighted by molar-refractivity contribution is 0.0939. The fourth-order valence-electron chi connectivity index (χ4n) is 1.90. The summed E-state index contributed by atoms with van der Waals surface area (Å²) >= 11 is 0. The van der Waals surface area contributed by atoms with Crippen molar-refractivity contribution in [3.63, 3.8) is 0 Å². The number of anilines is 1. The Morgan fingerprint density at radius 2 is 1.85 bits per heavy atom. The van der Waals surface area contributed by atoms with E-state index in [1.54, 1.807) is 6.20 Å². The van der Waals surface area contributed by atoms with Crippen LogP contribution in [0.3, 0.4) is 0 Å². The second kappa shape index (κ2) is 6.19. The molecule has 0 aliphatic carbocycles. The molecule has 2 rings (SSSR count). The smallest absolute Gasteiger partial charge is 0.251 e. The third-order valence-corrected chi connectivity index (χ3v) is 3.12. The van der Waals surface area contributed by atoms with Crippen LogP contribution in [0.25, 0.3) is 0 Å². The summed E-state index contributed by atoms with van der Waals surface area (Å²) in [7, 11) is 3.94. The summed E-state index contributed by atoms with van der Waals surface area (Å²) in [5.41, 5.74) is 2.57. The first-order valence-electron chi connectivity index (χ1n) is 6.57. The Hall–Kier alpha value is -2.36.